The van der Waals surface area contributed by atoms with Crippen molar-refractivity contribution in [3.05, 3.63) is 39.4 Å². The molecule has 0 radical (unpaired) electrons. The van der Waals surface area contributed by atoms with E-state index in [1.54, 1.807) is 27.7 Å². The normalized spacial score (nSPS) is 35.6. The molecule has 4 bridgehead atoms. The summed E-state index contributed by atoms with van der Waals surface area (Å²) >= 11 is 1.35. The number of rotatable bonds is 4. The number of ether oxygens (including phenoxy) is 4. The smallest absolute Gasteiger partial charge is 0.330 e. The van der Waals surface area contributed by atoms with Crippen LogP contribution < -0.4 is 19.5 Å². The molecule has 3 fully saturated rings. The van der Waals surface area contributed by atoms with E-state index in [2.05, 4.69) is 24.1 Å². The minimum absolute atomic E-state index is 0.0570. The first-order chi connectivity index (χ1) is 24.1. The molecule has 2 aromatic rings. The first kappa shape index (κ1) is 36.6. The van der Waals surface area contributed by atoms with Gasteiger partial charge < -0.3 is 39.6 Å². The van der Waals surface area contributed by atoms with Gasteiger partial charge in [-0.3, -0.25) is 19.4 Å². The standard InChI is InChI=1S/C38H49N3O10S/c1-15-13-19-23(26(45)27(15)48-11)37(8)32-24-30-22-21(25(44)29(49-12)16(2)28(22)50-18(4)43)31(41(24)38(9,47)34(40(32)10)36(19,37)7)35(5,6)51-33(46)20(14-52-30)39-17(3)42/h13,20,24,30-32,34,44-45,47H,14H2,1-12H3,(H,39,42)/t20-,24?,30+,31+,32?,34-,36?,37?,38?/m0/s1. The van der Waals surface area contributed by atoms with Crippen molar-refractivity contribution >= 4 is 29.6 Å². The van der Waals surface area contributed by atoms with E-state index < -0.39 is 75.5 Å². The number of methoxy groups -OCH3 is 2. The topological polar surface area (TPSA) is 167 Å². The molecule has 282 valence electrons. The second-order valence-electron chi connectivity index (χ2n) is 16.1. The predicted octanol–water partition coefficient (Wildman–Crippen LogP) is 3.63. The number of phenols is 2. The maximum Gasteiger partial charge on any atom is 0.330 e. The van der Waals surface area contributed by atoms with Crippen molar-refractivity contribution in [3.63, 3.8) is 0 Å². The maximum absolute atomic E-state index is 13.9. The lowest BCUT2D eigenvalue weighted by molar-refractivity contribution is -0.247. The third-order valence-corrected chi connectivity index (χ3v) is 14.3. The van der Waals surface area contributed by atoms with Crippen LogP contribution in [0.1, 0.15) is 93.1 Å². The molecule has 4 aliphatic heterocycles. The van der Waals surface area contributed by atoms with E-state index in [1.807, 2.05) is 24.9 Å². The zero-order chi connectivity index (χ0) is 38.4. The number of aliphatic hydroxyl groups is 1. The highest BCUT2D eigenvalue weighted by molar-refractivity contribution is 7.99. The molecule has 14 heteroatoms. The number of piperazine rings is 1. The number of carbonyl (C=O) groups is 3. The van der Waals surface area contributed by atoms with Crippen LogP contribution in [0.25, 0.3) is 0 Å². The molecule has 52 heavy (non-hydrogen) atoms. The average molecular weight is 740 g/mol. The average Bonchev–Trinajstić information content (AvgIpc) is 3.15. The van der Waals surface area contributed by atoms with E-state index in [4.69, 9.17) is 18.9 Å². The maximum atomic E-state index is 13.9. The van der Waals surface area contributed by atoms with Gasteiger partial charge in [-0.25, -0.2) is 4.79 Å². The molecule has 1 aliphatic carbocycles. The van der Waals surface area contributed by atoms with Gasteiger partial charge in [0.25, 0.3) is 0 Å². The van der Waals surface area contributed by atoms with Crippen LogP contribution in [-0.2, 0) is 30.0 Å². The van der Waals surface area contributed by atoms with Crippen molar-refractivity contribution in [2.45, 2.75) is 120 Å². The molecular formula is C38H49N3O10S. The SMILES string of the molecule is COc1c(C)cc2c(c1O)C1(C)C3C4[C@@H]5SC[C@H](NC(C)=O)C(=O)OC(C)(C)[C@@H](c6c(O)c(OC)c(C)c(OC(C)=O)c65)N4C(C)(O)[C@@H](N3C)C21C. The number of cyclic esters (lactones) is 1. The number of aryl methyl sites for hydroxylation is 1. The Morgan fingerprint density at radius 2 is 1.62 bits per heavy atom. The van der Waals surface area contributed by atoms with Gasteiger partial charge in [0.15, 0.2) is 23.0 Å². The summed E-state index contributed by atoms with van der Waals surface area (Å²) in [5, 5.41) is 39.6. The Hall–Kier alpha value is -3.72. The number of aromatic hydroxyl groups is 2. The van der Waals surface area contributed by atoms with Crippen LogP contribution in [0.4, 0.5) is 0 Å². The molecule has 5 aliphatic rings. The van der Waals surface area contributed by atoms with E-state index in [0.29, 0.717) is 22.4 Å². The summed E-state index contributed by atoms with van der Waals surface area (Å²) in [4.78, 5) is 43.3. The number of carbonyl (C=O) groups excluding carboxylic acids is 3. The summed E-state index contributed by atoms with van der Waals surface area (Å²) < 4.78 is 23.8. The Bertz CT molecular complexity index is 1950. The summed E-state index contributed by atoms with van der Waals surface area (Å²) in [5.74, 6) is -1.06. The molecule has 3 saturated heterocycles. The molecule has 1 amide bonds. The molecule has 0 aromatic heterocycles. The fourth-order valence-electron chi connectivity index (χ4n) is 11.3. The van der Waals surface area contributed by atoms with E-state index >= 15 is 0 Å². The summed E-state index contributed by atoms with van der Waals surface area (Å²) in [6.07, 6.45) is 0. The summed E-state index contributed by atoms with van der Waals surface area (Å²) in [6.45, 7) is 15.7. The molecule has 0 spiro atoms. The first-order valence-electron chi connectivity index (χ1n) is 17.5. The minimum atomic E-state index is -1.66. The number of nitrogens with one attached hydrogen (secondary N) is 1. The highest BCUT2D eigenvalue weighted by Gasteiger charge is 2.82. The number of fused-ring (bicyclic) bond motifs is 11. The Labute approximate surface area is 307 Å². The van der Waals surface area contributed by atoms with Crippen molar-refractivity contribution in [2.75, 3.05) is 27.0 Å². The Morgan fingerprint density at radius 3 is 2.19 bits per heavy atom. The summed E-state index contributed by atoms with van der Waals surface area (Å²) in [6, 6.07) is -1.58. The molecular weight excluding hydrogens is 690 g/mol. The van der Waals surface area contributed by atoms with Gasteiger partial charge in [0.2, 0.25) is 5.91 Å². The number of thioether (sulfide) groups is 1. The van der Waals surface area contributed by atoms with Crippen molar-refractivity contribution in [3.8, 4) is 28.7 Å². The number of hydrogen-bond acceptors (Lipinski definition) is 13. The highest BCUT2D eigenvalue weighted by Crippen LogP contribution is 2.76. The Morgan fingerprint density at radius 1 is 0.981 bits per heavy atom. The van der Waals surface area contributed by atoms with Crippen LogP contribution in [-0.4, -0.2) is 105 Å². The molecule has 4 N–H and O–H groups in total. The quantitative estimate of drug-likeness (QED) is 0.266. The molecule has 5 unspecified atom stereocenters. The fourth-order valence-corrected chi connectivity index (χ4v) is 12.8. The molecule has 2 aromatic carbocycles. The molecule has 0 saturated carbocycles. The van der Waals surface area contributed by atoms with Gasteiger partial charge in [0.05, 0.1) is 31.6 Å². The van der Waals surface area contributed by atoms with Gasteiger partial charge >= 0.3 is 11.9 Å². The monoisotopic (exact) mass is 739 g/mol. The third kappa shape index (κ3) is 4.26. The van der Waals surface area contributed by atoms with Crippen LogP contribution in [0.5, 0.6) is 28.7 Å². The second kappa shape index (κ2) is 11.4. The fraction of sp³-hybridized carbons (Fsp3) is 0.605. The van der Waals surface area contributed by atoms with Crippen LogP contribution in [0.15, 0.2) is 6.07 Å². The van der Waals surface area contributed by atoms with E-state index in [9.17, 15) is 29.7 Å². The van der Waals surface area contributed by atoms with Crippen molar-refractivity contribution in [1.29, 1.82) is 0 Å². The lowest BCUT2D eigenvalue weighted by Gasteiger charge is -2.64. The number of likely N-dealkylation sites (N-methyl/N-ethyl adjacent to an activating group) is 1. The number of phenolic OH excluding ortho intramolecular Hbond substituents is 2. The van der Waals surface area contributed by atoms with Gasteiger partial charge in [0.1, 0.15) is 23.1 Å². The van der Waals surface area contributed by atoms with Gasteiger partial charge in [-0.15, -0.1) is 11.8 Å². The van der Waals surface area contributed by atoms with Gasteiger partial charge in [-0.05, 0) is 52.8 Å². The zero-order valence-electron chi connectivity index (χ0n) is 31.8. The number of nitrogens with zero attached hydrogens (tertiary/aromatic N) is 2. The second-order valence-corrected chi connectivity index (χ2v) is 17.3. The molecule has 9 atom stereocenters. The van der Waals surface area contributed by atoms with Crippen LogP contribution in [0.3, 0.4) is 0 Å². The van der Waals surface area contributed by atoms with Crippen molar-refractivity contribution in [1.82, 2.24) is 15.1 Å². The van der Waals surface area contributed by atoms with Crippen molar-refractivity contribution in [2.24, 2.45) is 0 Å². The molecule has 4 heterocycles. The molecule has 7 rings (SSSR count). The number of esters is 2. The number of amides is 1. The molecule has 13 nitrogen and oxygen atoms in total. The van der Waals surface area contributed by atoms with Gasteiger partial charge in [0, 0.05) is 64.8 Å². The lowest BCUT2D eigenvalue weighted by Crippen LogP contribution is -2.76. The minimum Gasteiger partial charge on any atom is -0.504 e. The van der Waals surface area contributed by atoms with Crippen molar-refractivity contribution < 1.29 is 48.7 Å². The van der Waals surface area contributed by atoms with E-state index in [-0.39, 0.29) is 28.8 Å². The number of hydrogen-bond donors (Lipinski definition) is 4. The van der Waals surface area contributed by atoms with Crippen LogP contribution in [0.2, 0.25) is 0 Å². The first-order valence-corrected chi connectivity index (χ1v) is 18.6. The third-order valence-electron chi connectivity index (χ3n) is 12.9. The largest absolute Gasteiger partial charge is 0.504 e. The van der Waals surface area contributed by atoms with Gasteiger partial charge in [-0.1, -0.05) is 19.9 Å². The van der Waals surface area contributed by atoms with Crippen LogP contribution in [0, 0.1) is 13.8 Å². The summed E-state index contributed by atoms with van der Waals surface area (Å²) in [5.41, 5.74) is -0.961. The number of benzene rings is 2. The lowest BCUT2D eigenvalue weighted by atomic mass is 9.44. The Kier molecular flexibility index (Phi) is 8.03. The Balaban J connectivity index is 1.61. The summed E-state index contributed by atoms with van der Waals surface area (Å²) in [7, 11) is 4.93. The van der Waals surface area contributed by atoms with E-state index in [1.165, 1.54) is 39.8 Å². The zero-order valence-corrected chi connectivity index (χ0v) is 32.6. The van der Waals surface area contributed by atoms with Crippen LogP contribution >= 0.6 is 11.8 Å². The highest BCUT2D eigenvalue weighted by atomic mass is 32.2. The van der Waals surface area contributed by atoms with Gasteiger partial charge in [-0.2, -0.15) is 0 Å². The predicted molar refractivity (Wildman–Crippen MR) is 192 cm³/mol. The van der Waals surface area contributed by atoms with E-state index in [0.717, 1.165) is 16.7 Å².